The lowest BCUT2D eigenvalue weighted by Crippen LogP contribution is -2.22. The normalized spacial score (nSPS) is 11.2. The van der Waals surface area contributed by atoms with E-state index in [1.165, 1.54) is 0 Å². The number of H-pyrrole nitrogens is 1. The molecule has 7 nitrogen and oxygen atoms in total. The zero-order valence-corrected chi connectivity index (χ0v) is 16.3. The number of hydrogen-bond acceptors (Lipinski definition) is 4. The van der Waals surface area contributed by atoms with E-state index in [4.69, 9.17) is 0 Å². The summed E-state index contributed by atoms with van der Waals surface area (Å²) in [5.41, 5.74) is 5.82. The minimum absolute atomic E-state index is 0.0842. The monoisotopic (exact) mass is 376 g/mol. The van der Waals surface area contributed by atoms with Gasteiger partial charge in [0.15, 0.2) is 5.82 Å². The number of hydrogen-bond donors (Lipinski definition) is 3. The van der Waals surface area contributed by atoms with Crippen LogP contribution in [0.15, 0.2) is 36.7 Å². The standard InChI is InChI=1S/C21H24N6O/c1-4-6-17(28)23-11-13-7-5-8-14(9-13)16-10-15-19-18(24-12-27(19)3)21(22-2)26-20(15)25-16/h5,7-10,12H,4,6,11H2,1-3H3,(H,23,28)(H2,22,25,26). The van der Waals surface area contributed by atoms with E-state index in [2.05, 4.69) is 43.8 Å². The summed E-state index contributed by atoms with van der Waals surface area (Å²) in [6, 6.07) is 10.3. The minimum Gasteiger partial charge on any atom is -0.371 e. The first kappa shape index (κ1) is 18.0. The van der Waals surface area contributed by atoms with Gasteiger partial charge in [-0.15, -0.1) is 0 Å². The first-order valence-corrected chi connectivity index (χ1v) is 9.48. The summed E-state index contributed by atoms with van der Waals surface area (Å²) in [7, 11) is 3.84. The van der Waals surface area contributed by atoms with Crippen molar-refractivity contribution in [2.75, 3.05) is 12.4 Å². The predicted molar refractivity (Wildman–Crippen MR) is 112 cm³/mol. The Kier molecular flexibility index (Phi) is 4.73. The molecule has 3 N–H and O–H groups in total. The Morgan fingerprint density at radius 2 is 2.14 bits per heavy atom. The zero-order valence-electron chi connectivity index (χ0n) is 16.3. The van der Waals surface area contributed by atoms with Crippen molar-refractivity contribution < 1.29 is 4.79 Å². The molecule has 144 valence electrons. The summed E-state index contributed by atoms with van der Waals surface area (Å²) >= 11 is 0. The fourth-order valence-electron chi connectivity index (χ4n) is 3.49. The van der Waals surface area contributed by atoms with Gasteiger partial charge >= 0.3 is 0 Å². The molecule has 4 rings (SSSR count). The van der Waals surface area contributed by atoms with Crippen LogP contribution in [-0.2, 0) is 18.4 Å². The molecule has 0 saturated carbocycles. The molecule has 0 aliphatic rings. The van der Waals surface area contributed by atoms with Crippen molar-refractivity contribution in [1.29, 1.82) is 0 Å². The molecule has 28 heavy (non-hydrogen) atoms. The van der Waals surface area contributed by atoms with E-state index in [-0.39, 0.29) is 5.91 Å². The van der Waals surface area contributed by atoms with E-state index < -0.39 is 0 Å². The third-order valence-electron chi connectivity index (χ3n) is 4.88. The predicted octanol–water partition coefficient (Wildman–Crippen LogP) is 3.57. The molecule has 1 amide bonds. The number of aromatic nitrogens is 4. The van der Waals surface area contributed by atoms with E-state index in [0.717, 1.165) is 51.1 Å². The number of pyridine rings is 1. The van der Waals surface area contributed by atoms with Gasteiger partial charge in [-0.05, 0) is 29.7 Å². The SMILES string of the molecule is CCCC(=O)NCc1cccc(-c2cc3c(nc(NC)c4ncn(C)c43)[nH]2)c1. The molecule has 0 saturated heterocycles. The molecule has 0 unspecified atom stereocenters. The maximum absolute atomic E-state index is 11.7. The summed E-state index contributed by atoms with van der Waals surface area (Å²) in [5.74, 6) is 0.838. The van der Waals surface area contributed by atoms with Crippen LogP contribution < -0.4 is 10.6 Å². The van der Waals surface area contributed by atoms with Crippen LogP contribution in [0.5, 0.6) is 0 Å². The number of aryl methyl sites for hydroxylation is 1. The van der Waals surface area contributed by atoms with Crippen LogP contribution >= 0.6 is 0 Å². The minimum atomic E-state index is 0.0842. The molecule has 0 radical (unpaired) electrons. The second kappa shape index (κ2) is 7.34. The number of amides is 1. The van der Waals surface area contributed by atoms with Gasteiger partial charge in [0.2, 0.25) is 5.91 Å². The molecular formula is C21H24N6O. The van der Waals surface area contributed by atoms with Gasteiger partial charge in [0, 0.05) is 38.1 Å². The molecule has 0 bridgehead atoms. The van der Waals surface area contributed by atoms with Gasteiger partial charge in [-0.25, -0.2) is 9.97 Å². The fourth-order valence-corrected chi connectivity index (χ4v) is 3.49. The number of nitrogens with zero attached hydrogens (tertiary/aromatic N) is 3. The van der Waals surface area contributed by atoms with E-state index in [1.54, 1.807) is 6.33 Å². The lowest BCUT2D eigenvalue weighted by Gasteiger charge is -2.06. The van der Waals surface area contributed by atoms with Crippen molar-refractivity contribution in [3.8, 4) is 11.3 Å². The molecule has 1 aromatic carbocycles. The molecule has 0 spiro atoms. The number of rotatable bonds is 6. The second-order valence-corrected chi connectivity index (χ2v) is 6.94. The molecule has 3 aromatic heterocycles. The van der Waals surface area contributed by atoms with Gasteiger partial charge in [0.25, 0.3) is 0 Å². The number of aromatic amines is 1. The summed E-state index contributed by atoms with van der Waals surface area (Å²) in [6.07, 6.45) is 3.21. The Morgan fingerprint density at radius 3 is 2.93 bits per heavy atom. The maximum Gasteiger partial charge on any atom is 0.220 e. The molecule has 7 heteroatoms. The third kappa shape index (κ3) is 3.19. The van der Waals surface area contributed by atoms with E-state index in [1.807, 2.05) is 37.7 Å². The molecule has 0 aliphatic carbocycles. The van der Waals surface area contributed by atoms with Crippen molar-refractivity contribution >= 4 is 33.8 Å². The molecular weight excluding hydrogens is 352 g/mol. The number of carbonyl (C=O) groups is 1. The highest BCUT2D eigenvalue weighted by atomic mass is 16.1. The second-order valence-electron chi connectivity index (χ2n) is 6.94. The van der Waals surface area contributed by atoms with Gasteiger partial charge in [-0.3, -0.25) is 4.79 Å². The molecule has 4 aromatic rings. The summed E-state index contributed by atoms with van der Waals surface area (Å²) in [5, 5.41) is 7.12. The average Bonchev–Trinajstić information content (AvgIpc) is 3.30. The van der Waals surface area contributed by atoms with Gasteiger partial charge in [0.05, 0.1) is 11.8 Å². The first-order chi connectivity index (χ1) is 13.6. The first-order valence-electron chi connectivity index (χ1n) is 9.48. The highest BCUT2D eigenvalue weighted by Crippen LogP contribution is 2.31. The molecule has 3 heterocycles. The smallest absolute Gasteiger partial charge is 0.220 e. The summed E-state index contributed by atoms with van der Waals surface area (Å²) in [6.45, 7) is 2.53. The average molecular weight is 376 g/mol. The van der Waals surface area contributed by atoms with Crippen LogP contribution in [0.3, 0.4) is 0 Å². The third-order valence-corrected chi connectivity index (χ3v) is 4.88. The zero-order chi connectivity index (χ0) is 19.7. The van der Waals surface area contributed by atoms with Crippen LogP contribution in [0.1, 0.15) is 25.3 Å². The van der Waals surface area contributed by atoms with Crippen LogP contribution in [-0.4, -0.2) is 32.5 Å². The Bertz CT molecular complexity index is 1160. The van der Waals surface area contributed by atoms with Crippen molar-refractivity contribution in [3.63, 3.8) is 0 Å². The van der Waals surface area contributed by atoms with Crippen molar-refractivity contribution in [2.24, 2.45) is 7.05 Å². The van der Waals surface area contributed by atoms with Gasteiger partial charge in [-0.1, -0.05) is 25.1 Å². The van der Waals surface area contributed by atoms with Crippen LogP contribution in [0, 0.1) is 0 Å². The Hall–Kier alpha value is -3.35. The van der Waals surface area contributed by atoms with Crippen molar-refractivity contribution in [2.45, 2.75) is 26.3 Å². The number of carbonyl (C=O) groups excluding carboxylic acids is 1. The highest BCUT2D eigenvalue weighted by Gasteiger charge is 2.15. The number of benzene rings is 1. The topological polar surface area (TPSA) is 87.6 Å². The number of nitrogens with one attached hydrogen (secondary N) is 3. The van der Waals surface area contributed by atoms with Crippen molar-refractivity contribution in [1.82, 2.24) is 24.8 Å². The quantitative estimate of drug-likeness (QED) is 0.480. The lowest BCUT2D eigenvalue weighted by molar-refractivity contribution is -0.121. The van der Waals surface area contributed by atoms with E-state index in [9.17, 15) is 4.79 Å². The summed E-state index contributed by atoms with van der Waals surface area (Å²) in [4.78, 5) is 24.3. The Balaban J connectivity index is 1.72. The largest absolute Gasteiger partial charge is 0.371 e. The van der Waals surface area contributed by atoms with E-state index in [0.29, 0.717) is 13.0 Å². The molecule has 0 atom stereocenters. The molecule has 0 fully saturated rings. The summed E-state index contributed by atoms with van der Waals surface area (Å²) < 4.78 is 2.01. The van der Waals surface area contributed by atoms with Gasteiger partial charge in [-0.2, -0.15) is 0 Å². The van der Waals surface area contributed by atoms with Crippen molar-refractivity contribution in [3.05, 3.63) is 42.2 Å². The highest BCUT2D eigenvalue weighted by molar-refractivity contribution is 6.07. The van der Waals surface area contributed by atoms with Crippen LogP contribution in [0.2, 0.25) is 0 Å². The number of anilines is 1. The maximum atomic E-state index is 11.7. The Labute approximate surface area is 163 Å². The fraction of sp³-hybridized carbons (Fsp3) is 0.286. The van der Waals surface area contributed by atoms with Crippen LogP contribution in [0.4, 0.5) is 5.82 Å². The Morgan fingerprint density at radius 1 is 1.29 bits per heavy atom. The number of fused-ring (bicyclic) bond motifs is 3. The van der Waals surface area contributed by atoms with Gasteiger partial charge < -0.3 is 20.2 Å². The van der Waals surface area contributed by atoms with Gasteiger partial charge in [0.1, 0.15) is 11.2 Å². The number of imidazole rings is 1. The molecule has 0 aliphatic heterocycles. The van der Waals surface area contributed by atoms with E-state index >= 15 is 0 Å². The van der Waals surface area contributed by atoms with Crippen LogP contribution in [0.25, 0.3) is 33.3 Å². The lowest BCUT2D eigenvalue weighted by atomic mass is 10.1.